The molecule has 0 bridgehead atoms. The predicted octanol–water partition coefficient (Wildman–Crippen LogP) is 4.96. The Morgan fingerprint density at radius 1 is 0.900 bits per heavy atom. The van der Waals surface area contributed by atoms with Crippen molar-refractivity contribution in [2.45, 2.75) is 0 Å². The van der Waals surface area contributed by atoms with E-state index in [1.165, 1.54) is 6.21 Å². The topological polar surface area (TPSA) is 77.0 Å². The summed E-state index contributed by atoms with van der Waals surface area (Å²) in [6, 6.07) is 20.8. The van der Waals surface area contributed by atoms with E-state index >= 15 is 0 Å². The minimum atomic E-state index is -0.443. The van der Waals surface area contributed by atoms with Gasteiger partial charge in [0.05, 0.1) is 11.8 Å². The lowest BCUT2D eigenvalue weighted by atomic mass is 10.2. The molecule has 0 saturated heterocycles. The van der Waals surface area contributed by atoms with Crippen molar-refractivity contribution >= 4 is 50.0 Å². The molecule has 1 N–H and O–H groups in total. The third-order valence-electron chi connectivity index (χ3n) is 3.74. The number of esters is 1. The van der Waals surface area contributed by atoms with Crippen LogP contribution in [0.5, 0.6) is 11.5 Å². The number of nitrogens with zero attached hydrogens (tertiary/aromatic N) is 1. The van der Waals surface area contributed by atoms with Gasteiger partial charge in [-0.3, -0.25) is 4.79 Å². The number of rotatable bonds is 7. The Hall–Kier alpha value is -2.97. The fourth-order valence-electron chi connectivity index (χ4n) is 2.29. The molecule has 30 heavy (non-hydrogen) atoms. The fourth-order valence-corrected chi connectivity index (χ4v) is 2.93. The van der Waals surface area contributed by atoms with Gasteiger partial charge in [-0.05, 0) is 72.3 Å². The Balaban J connectivity index is 1.46. The molecule has 0 aliphatic rings. The van der Waals surface area contributed by atoms with Crippen molar-refractivity contribution < 1.29 is 19.1 Å². The molecule has 1 amide bonds. The highest BCUT2D eigenvalue weighted by molar-refractivity contribution is 9.10. The van der Waals surface area contributed by atoms with Crippen LogP contribution in [0.1, 0.15) is 15.9 Å². The summed E-state index contributed by atoms with van der Waals surface area (Å²) >= 11 is 6.66. The van der Waals surface area contributed by atoms with Gasteiger partial charge in [-0.2, -0.15) is 5.10 Å². The molecule has 3 rings (SSSR count). The summed E-state index contributed by atoms with van der Waals surface area (Å²) in [5, 5.41) is 3.89. The van der Waals surface area contributed by atoms with Gasteiger partial charge in [0.1, 0.15) is 11.5 Å². The second-order valence-corrected chi connectivity index (χ2v) is 7.84. The van der Waals surface area contributed by atoms with Gasteiger partial charge in [0.15, 0.2) is 6.61 Å². The smallest absolute Gasteiger partial charge is 0.343 e. The van der Waals surface area contributed by atoms with Crippen molar-refractivity contribution in [2.75, 3.05) is 6.61 Å². The lowest BCUT2D eigenvalue weighted by Gasteiger charge is -2.05. The Kier molecular flexibility index (Phi) is 7.75. The Morgan fingerprint density at radius 3 is 2.33 bits per heavy atom. The van der Waals surface area contributed by atoms with Crippen LogP contribution < -0.4 is 14.9 Å². The molecule has 3 aromatic rings. The van der Waals surface area contributed by atoms with Crippen LogP contribution in [0.3, 0.4) is 0 Å². The zero-order valence-corrected chi connectivity index (χ0v) is 18.7. The van der Waals surface area contributed by atoms with Crippen molar-refractivity contribution in [2.24, 2.45) is 5.10 Å². The zero-order valence-electron chi connectivity index (χ0n) is 15.5. The van der Waals surface area contributed by atoms with Crippen LogP contribution in [0, 0.1) is 0 Å². The maximum absolute atomic E-state index is 12.1. The van der Waals surface area contributed by atoms with Crippen LogP contribution in [0.25, 0.3) is 0 Å². The van der Waals surface area contributed by atoms with E-state index < -0.39 is 5.97 Å². The van der Waals surface area contributed by atoms with Gasteiger partial charge in [0, 0.05) is 8.95 Å². The second kappa shape index (κ2) is 10.7. The van der Waals surface area contributed by atoms with Gasteiger partial charge in [-0.25, -0.2) is 10.2 Å². The Bertz CT molecular complexity index is 1050. The number of hydrogen-bond acceptors (Lipinski definition) is 5. The third kappa shape index (κ3) is 6.82. The standard InChI is InChI=1S/C22H16Br2N2O4/c23-17-8-6-16(7-9-17)22(28)30-19-10-4-15(5-11-19)13-25-26-21(27)14-29-20-3-1-2-18(24)12-20/h1-13H,14H2,(H,26,27)/b25-13-. The Labute approximate surface area is 190 Å². The minimum absolute atomic E-state index is 0.154. The van der Waals surface area contributed by atoms with E-state index in [1.54, 1.807) is 60.7 Å². The molecule has 0 spiro atoms. The van der Waals surface area contributed by atoms with Crippen LogP contribution in [0.4, 0.5) is 0 Å². The molecule has 8 heteroatoms. The number of hydrogen-bond donors (Lipinski definition) is 1. The van der Waals surface area contributed by atoms with Crippen molar-refractivity contribution in [3.05, 3.63) is 92.9 Å². The first-order chi connectivity index (χ1) is 14.5. The summed E-state index contributed by atoms with van der Waals surface area (Å²) in [4.78, 5) is 23.9. The van der Waals surface area contributed by atoms with Gasteiger partial charge in [0.25, 0.3) is 5.91 Å². The van der Waals surface area contributed by atoms with Crippen molar-refractivity contribution in [1.29, 1.82) is 0 Å². The molecule has 6 nitrogen and oxygen atoms in total. The van der Waals surface area contributed by atoms with E-state index in [0.717, 1.165) is 14.5 Å². The molecule has 3 aromatic carbocycles. The third-order valence-corrected chi connectivity index (χ3v) is 4.76. The van der Waals surface area contributed by atoms with E-state index in [1.807, 2.05) is 12.1 Å². The highest BCUT2D eigenvalue weighted by Gasteiger charge is 2.08. The molecule has 0 fully saturated rings. The minimum Gasteiger partial charge on any atom is -0.484 e. The molecule has 0 aliphatic carbocycles. The number of hydrazone groups is 1. The van der Waals surface area contributed by atoms with Gasteiger partial charge >= 0.3 is 5.97 Å². The van der Waals surface area contributed by atoms with Crippen LogP contribution in [-0.4, -0.2) is 24.7 Å². The molecule has 0 radical (unpaired) electrons. The fraction of sp³-hybridized carbons (Fsp3) is 0.0455. The monoisotopic (exact) mass is 530 g/mol. The number of nitrogens with one attached hydrogen (secondary N) is 1. The van der Waals surface area contributed by atoms with Crippen molar-refractivity contribution in [3.63, 3.8) is 0 Å². The molecule has 0 heterocycles. The number of carbonyl (C=O) groups excluding carboxylic acids is 2. The van der Waals surface area contributed by atoms with E-state index in [4.69, 9.17) is 9.47 Å². The number of halogens is 2. The van der Waals surface area contributed by atoms with E-state index in [-0.39, 0.29) is 12.5 Å². The average Bonchev–Trinajstić information content (AvgIpc) is 2.74. The highest BCUT2D eigenvalue weighted by atomic mass is 79.9. The highest BCUT2D eigenvalue weighted by Crippen LogP contribution is 2.18. The summed E-state index contributed by atoms with van der Waals surface area (Å²) in [6.45, 7) is -0.154. The normalized spacial score (nSPS) is 10.6. The summed E-state index contributed by atoms with van der Waals surface area (Å²) in [6.07, 6.45) is 1.48. The van der Waals surface area contributed by atoms with E-state index in [9.17, 15) is 9.59 Å². The second-order valence-electron chi connectivity index (χ2n) is 6.00. The molecule has 0 aromatic heterocycles. The molecule has 0 unspecified atom stereocenters. The predicted molar refractivity (Wildman–Crippen MR) is 121 cm³/mol. The lowest BCUT2D eigenvalue weighted by Crippen LogP contribution is -2.24. The summed E-state index contributed by atoms with van der Waals surface area (Å²) in [7, 11) is 0. The maximum atomic E-state index is 12.1. The van der Waals surface area contributed by atoms with Gasteiger partial charge in [-0.1, -0.05) is 37.9 Å². The molecule has 152 valence electrons. The lowest BCUT2D eigenvalue weighted by molar-refractivity contribution is -0.123. The molecule has 0 saturated carbocycles. The summed E-state index contributed by atoms with van der Waals surface area (Å²) in [5.74, 6) is 0.163. The first-order valence-electron chi connectivity index (χ1n) is 8.78. The van der Waals surface area contributed by atoms with Gasteiger partial charge in [0.2, 0.25) is 0 Å². The largest absolute Gasteiger partial charge is 0.484 e. The SMILES string of the molecule is O=C(COc1cccc(Br)c1)N/N=C\c1ccc(OC(=O)c2ccc(Br)cc2)cc1. The van der Waals surface area contributed by atoms with E-state index in [0.29, 0.717) is 17.1 Å². The maximum Gasteiger partial charge on any atom is 0.343 e. The first kappa shape index (κ1) is 21.7. The van der Waals surface area contributed by atoms with Crippen LogP contribution >= 0.6 is 31.9 Å². The molecule has 0 atom stereocenters. The van der Waals surface area contributed by atoms with Gasteiger partial charge < -0.3 is 9.47 Å². The molecular formula is C22H16Br2N2O4. The zero-order chi connectivity index (χ0) is 21.3. The quantitative estimate of drug-likeness (QED) is 0.202. The summed E-state index contributed by atoms with van der Waals surface area (Å²) < 4.78 is 12.5. The first-order valence-corrected chi connectivity index (χ1v) is 10.4. The van der Waals surface area contributed by atoms with Crippen LogP contribution in [0.15, 0.2) is 86.8 Å². The number of amides is 1. The van der Waals surface area contributed by atoms with Crippen molar-refractivity contribution in [1.82, 2.24) is 5.43 Å². The Morgan fingerprint density at radius 2 is 1.63 bits per heavy atom. The molecular weight excluding hydrogens is 516 g/mol. The van der Waals surface area contributed by atoms with Gasteiger partial charge in [-0.15, -0.1) is 0 Å². The van der Waals surface area contributed by atoms with Crippen LogP contribution in [0.2, 0.25) is 0 Å². The van der Waals surface area contributed by atoms with Crippen LogP contribution in [-0.2, 0) is 4.79 Å². The van der Waals surface area contributed by atoms with E-state index in [2.05, 4.69) is 42.4 Å². The number of carbonyl (C=O) groups is 2. The number of benzene rings is 3. The van der Waals surface area contributed by atoms with Crippen molar-refractivity contribution in [3.8, 4) is 11.5 Å². The average molecular weight is 532 g/mol. The molecule has 0 aliphatic heterocycles. The number of ether oxygens (including phenoxy) is 2. The summed E-state index contributed by atoms with van der Waals surface area (Å²) in [5.41, 5.74) is 3.58.